The molecule has 7 heteroatoms. The molecule has 1 rings (SSSR count). The Morgan fingerprint density at radius 2 is 2.00 bits per heavy atom. The van der Waals surface area contributed by atoms with Crippen molar-refractivity contribution in [3.63, 3.8) is 0 Å². The molecule has 0 fully saturated rings. The SMILES string of the molecule is CC(C)CCNc1nnc(C(F)(F)F)s1. The minimum atomic E-state index is -4.39. The molecule has 1 aromatic heterocycles. The quantitative estimate of drug-likeness (QED) is 0.877. The van der Waals surface area contributed by atoms with E-state index in [1.165, 1.54) is 0 Å². The van der Waals surface area contributed by atoms with E-state index >= 15 is 0 Å². The number of alkyl halides is 3. The number of nitrogens with zero attached hydrogens (tertiary/aromatic N) is 2. The fourth-order valence-corrected chi connectivity index (χ4v) is 1.51. The second kappa shape index (κ2) is 4.78. The van der Waals surface area contributed by atoms with Gasteiger partial charge in [-0.1, -0.05) is 25.2 Å². The third kappa shape index (κ3) is 4.03. The van der Waals surface area contributed by atoms with E-state index in [1.807, 2.05) is 13.8 Å². The van der Waals surface area contributed by atoms with Crippen LogP contribution in [-0.4, -0.2) is 16.7 Å². The first-order valence-corrected chi connectivity index (χ1v) is 5.36. The molecule has 0 saturated carbocycles. The van der Waals surface area contributed by atoms with Crippen LogP contribution in [0.15, 0.2) is 0 Å². The van der Waals surface area contributed by atoms with E-state index in [0.717, 1.165) is 6.42 Å². The zero-order valence-electron chi connectivity index (χ0n) is 8.43. The van der Waals surface area contributed by atoms with Gasteiger partial charge in [-0.15, -0.1) is 10.2 Å². The van der Waals surface area contributed by atoms with Gasteiger partial charge in [-0.05, 0) is 12.3 Å². The van der Waals surface area contributed by atoms with Gasteiger partial charge in [0, 0.05) is 6.54 Å². The molecule has 0 spiro atoms. The molecule has 1 aromatic rings. The fourth-order valence-electron chi connectivity index (χ4n) is 0.877. The Morgan fingerprint density at radius 3 is 2.47 bits per heavy atom. The zero-order valence-corrected chi connectivity index (χ0v) is 9.24. The lowest BCUT2D eigenvalue weighted by Gasteiger charge is -2.04. The summed E-state index contributed by atoms with van der Waals surface area (Å²) in [6, 6.07) is 0. The van der Waals surface area contributed by atoms with Crippen LogP contribution >= 0.6 is 11.3 Å². The van der Waals surface area contributed by atoms with Crippen molar-refractivity contribution in [1.29, 1.82) is 0 Å². The van der Waals surface area contributed by atoms with Gasteiger partial charge in [-0.25, -0.2) is 0 Å². The van der Waals surface area contributed by atoms with Crippen LogP contribution in [0.3, 0.4) is 0 Å². The smallest absolute Gasteiger partial charge is 0.360 e. The van der Waals surface area contributed by atoms with Crippen molar-refractivity contribution in [3.8, 4) is 0 Å². The van der Waals surface area contributed by atoms with Crippen molar-refractivity contribution in [2.24, 2.45) is 5.92 Å². The molecule has 0 saturated heterocycles. The Labute approximate surface area is 89.7 Å². The maximum Gasteiger partial charge on any atom is 0.445 e. The van der Waals surface area contributed by atoms with Gasteiger partial charge in [-0.2, -0.15) is 13.2 Å². The third-order valence-corrected chi connectivity index (χ3v) is 2.59. The fraction of sp³-hybridized carbons (Fsp3) is 0.750. The van der Waals surface area contributed by atoms with Crippen LogP contribution in [0.25, 0.3) is 0 Å². The van der Waals surface area contributed by atoms with Crippen molar-refractivity contribution in [2.45, 2.75) is 26.4 Å². The molecule has 1 N–H and O–H groups in total. The predicted molar refractivity (Wildman–Crippen MR) is 52.9 cm³/mol. The molecule has 1 heterocycles. The van der Waals surface area contributed by atoms with E-state index in [2.05, 4.69) is 15.5 Å². The molecule has 3 nitrogen and oxygen atoms in total. The summed E-state index contributed by atoms with van der Waals surface area (Å²) in [6.07, 6.45) is -3.50. The summed E-state index contributed by atoms with van der Waals surface area (Å²) in [5.41, 5.74) is 0. The molecule has 0 aliphatic rings. The molecular formula is C8H12F3N3S. The summed E-state index contributed by atoms with van der Waals surface area (Å²) in [4.78, 5) is 0. The number of aromatic nitrogens is 2. The Bertz CT molecular complexity index is 308. The summed E-state index contributed by atoms with van der Waals surface area (Å²) in [5, 5.41) is 8.61. The highest BCUT2D eigenvalue weighted by Crippen LogP contribution is 2.32. The van der Waals surface area contributed by atoms with Gasteiger partial charge < -0.3 is 5.32 Å². The highest BCUT2D eigenvalue weighted by molar-refractivity contribution is 7.15. The van der Waals surface area contributed by atoms with E-state index in [-0.39, 0.29) is 5.13 Å². The Kier molecular flexibility index (Phi) is 3.90. The largest absolute Gasteiger partial charge is 0.445 e. The normalized spacial score (nSPS) is 12.1. The minimum absolute atomic E-state index is 0.225. The Morgan fingerprint density at radius 1 is 1.33 bits per heavy atom. The molecule has 0 atom stereocenters. The number of hydrogen-bond acceptors (Lipinski definition) is 4. The summed E-state index contributed by atoms with van der Waals surface area (Å²) in [6.45, 7) is 4.70. The van der Waals surface area contributed by atoms with E-state index in [9.17, 15) is 13.2 Å². The Balaban J connectivity index is 2.47. The van der Waals surface area contributed by atoms with Gasteiger partial charge in [0.2, 0.25) is 10.1 Å². The van der Waals surface area contributed by atoms with Gasteiger partial charge in [0.25, 0.3) is 0 Å². The number of nitrogens with one attached hydrogen (secondary N) is 1. The van der Waals surface area contributed by atoms with Crippen LogP contribution in [0, 0.1) is 5.92 Å². The summed E-state index contributed by atoms with van der Waals surface area (Å²) < 4.78 is 36.4. The van der Waals surface area contributed by atoms with E-state index in [0.29, 0.717) is 23.8 Å². The maximum atomic E-state index is 12.1. The highest BCUT2D eigenvalue weighted by atomic mass is 32.1. The first-order valence-electron chi connectivity index (χ1n) is 4.54. The molecule has 0 bridgehead atoms. The van der Waals surface area contributed by atoms with Crippen LogP contribution in [0.2, 0.25) is 0 Å². The lowest BCUT2D eigenvalue weighted by Crippen LogP contribution is -2.04. The molecule has 0 radical (unpaired) electrons. The zero-order chi connectivity index (χ0) is 11.5. The minimum Gasteiger partial charge on any atom is -0.360 e. The monoisotopic (exact) mass is 239 g/mol. The summed E-state index contributed by atoms with van der Waals surface area (Å²) in [5.74, 6) is 0.507. The van der Waals surface area contributed by atoms with E-state index in [1.54, 1.807) is 0 Å². The summed E-state index contributed by atoms with van der Waals surface area (Å²) in [7, 11) is 0. The van der Waals surface area contributed by atoms with Crippen LogP contribution in [0.1, 0.15) is 25.3 Å². The van der Waals surface area contributed by atoms with Crippen LogP contribution in [-0.2, 0) is 6.18 Å². The van der Waals surface area contributed by atoms with E-state index in [4.69, 9.17) is 0 Å². The van der Waals surface area contributed by atoms with E-state index < -0.39 is 11.2 Å². The molecule has 0 aliphatic heterocycles. The molecule has 0 aromatic carbocycles. The van der Waals surface area contributed by atoms with Gasteiger partial charge in [0.15, 0.2) is 0 Å². The van der Waals surface area contributed by atoms with Crippen LogP contribution < -0.4 is 5.32 Å². The van der Waals surface area contributed by atoms with Crippen molar-refractivity contribution in [1.82, 2.24) is 10.2 Å². The topological polar surface area (TPSA) is 37.8 Å². The lowest BCUT2D eigenvalue weighted by atomic mass is 10.1. The van der Waals surface area contributed by atoms with Crippen molar-refractivity contribution >= 4 is 16.5 Å². The maximum absolute atomic E-state index is 12.1. The predicted octanol–water partition coefficient (Wildman–Crippen LogP) is 3.01. The van der Waals surface area contributed by atoms with Gasteiger partial charge in [-0.3, -0.25) is 0 Å². The second-order valence-corrected chi connectivity index (χ2v) is 4.50. The first kappa shape index (κ1) is 12.2. The third-order valence-electron chi connectivity index (χ3n) is 1.67. The molecule has 0 unspecified atom stereocenters. The molecule has 15 heavy (non-hydrogen) atoms. The first-order chi connectivity index (χ1) is 6.89. The molecular weight excluding hydrogens is 227 g/mol. The van der Waals surface area contributed by atoms with Gasteiger partial charge in [0.1, 0.15) is 0 Å². The van der Waals surface area contributed by atoms with Crippen molar-refractivity contribution < 1.29 is 13.2 Å². The van der Waals surface area contributed by atoms with Crippen molar-refractivity contribution in [3.05, 3.63) is 5.01 Å². The summed E-state index contributed by atoms with van der Waals surface area (Å²) >= 11 is 0.533. The van der Waals surface area contributed by atoms with Crippen molar-refractivity contribution in [2.75, 3.05) is 11.9 Å². The lowest BCUT2D eigenvalue weighted by molar-refractivity contribution is -0.138. The molecule has 0 aliphatic carbocycles. The van der Waals surface area contributed by atoms with Crippen LogP contribution in [0.4, 0.5) is 18.3 Å². The molecule has 86 valence electrons. The average Bonchev–Trinajstić information content (AvgIpc) is 2.51. The average molecular weight is 239 g/mol. The Hall–Kier alpha value is -0.850. The van der Waals surface area contributed by atoms with Gasteiger partial charge in [0.05, 0.1) is 0 Å². The molecule has 0 amide bonds. The number of anilines is 1. The number of hydrogen-bond donors (Lipinski definition) is 1. The standard InChI is InChI=1S/C8H12F3N3S/c1-5(2)3-4-12-7-14-13-6(15-7)8(9,10)11/h5H,3-4H2,1-2H3,(H,12,14). The highest BCUT2D eigenvalue weighted by Gasteiger charge is 2.35. The number of halogens is 3. The second-order valence-electron chi connectivity index (χ2n) is 3.52. The van der Waals surface area contributed by atoms with Crippen LogP contribution in [0.5, 0.6) is 0 Å². The number of rotatable bonds is 4. The van der Waals surface area contributed by atoms with Gasteiger partial charge >= 0.3 is 6.18 Å².